The normalized spacial score (nSPS) is 28.6. The molecule has 2 atom stereocenters. The fourth-order valence-corrected chi connectivity index (χ4v) is 13.8. The van der Waals surface area contributed by atoms with Crippen molar-refractivity contribution in [3.63, 3.8) is 0 Å². The third kappa shape index (κ3) is 2.15. The number of para-hydroxylation sites is 3. The standard InChI is InChI=1S/C24H25N2O3P3/c1-5-25(6-2)32(29)20-14-8-12-18-23(20)26-22-16(30(18,3)27)10-7-11-17(22)31(4,28)19-13-9-15-21(32)24(19)26/h7-15H,5-6H2,1-4H3. The fraction of sp³-hybridized carbons (Fsp3) is 0.250. The Morgan fingerprint density at radius 1 is 0.625 bits per heavy atom. The molecule has 0 bridgehead atoms. The summed E-state index contributed by atoms with van der Waals surface area (Å²) in [5, 5.41) is 4.42. The number of hydrogen-bond donors (Lipinski definition) is 0. The van der Waals surface area contributed by atoms with Crippen LogP contribution in [0.4, 0.5) is 17.1 Å². The Bertz CT molecular complexity index is 1390. The zero-order valence-corrected chi connectivity index (χ0v) is 21.3. The highest BCUT2D eigenvalue weighted by Gasteiger charge is 2.53. The van der Waals surface area contributed by atoms with E-state index in [-0.39, 0.29) is 0 Å². The smallest absolute Gasteiger partial charge is 0.211 e. The summed E-state index contributed by atoms with van der Waals surface area (Å²) in [6, 6.07) is 17.1. The number of anilines is 3. The number of rotatable bonds is 3. The summed E-state index contributed by atoms with van der Waals surface area (Å²) < 4.78 is 45.8. The maximum Gasteiger partial charge on any atom is 0.211 e. The van der Waals surface area contributed by atoms with E-state index in [1.54, 1.807) is 13.3 Å². The minimum atomic E-state index is -3.22. The van der Waals surface area contributed by atoms with Gasteiger partial charge < -0.3 is 14.0 Å². The lowest BCUT2D eigenvalue weighted by molar-refractivity contribution is 0.458. The highest BCUT2D eigenvalue weighted by molar-refractivity contribution is 7.82. The molecular weight excluding hydrogens is 457 g/mol. The minimum absolute atomic E-state index is 0.622. The quantitative estimate of drug-likeness (QED) is 0.535. The molecule has 0 radical (unpaired) electrons. The van der Waals surface area contributed by atoms with Gasteiger partial charge in [-0.1, -0.05) is 32.0 Å². The van der Waals surface area contributed by atoms with Crippen molar-refractivity contribution in [2.45, 2.75) is 13.8 Å². The van der Waals surface area contributed by atoms with Gasteiger partial charge in [-0.3, -0.25) is 4.57 Å². The molecule has 3 aromatic carbocycles. The first kappa shape index (κ1) is 20.7. The molecule has 32 heavy (non-hydrogen) atoms. The van der Waals surface area contributed by atoms with Crippen molar-refractivity contribution in [2.24, 2.45) is 0 Å². The maximum absolute atomic E-state index is 15.1. The molecule has 0 aliphatic carbocycles. The minimum Gasteiger partial charge on any atom is -0.314 e. The molecule has 6 rings (SSSR count). The van der Waals surface area contributed by atoms with Gasteiger partial charge in [0.2, 0.25) is 7.29 Å². The third-order valence-corrected chi connectivity index (χ3v) is 15.8. The summed E-state index contributed by atoms with van der Waals surface area (Å²) in [5.74, 6) is 0. The first-order chi connectivity index (χ1) is 15.2. The van der Waals surface area contributed by atoms with Crippen molar-refractivity contribution in [3.05, 3.63) is 54.6 Å². The Kier molecular flexibility index (Phi) is 4.12. The van der Waals surface area contributed by atoms with Crippen LogP contribution in [0.1, 0.15) is 13.8 Å². The molecule has 0 aromatic heterocycles. The van der Waals surface area contributed by atoms with Gasteiger partial charge >= 0.3 is 0 Å². The molecule has 5 nitrogen and oxygen atoms in total. The molecule has 3 heterocycles. The van der Waals surface area contributed by atoms with Crippen LogP contribution in [0.3, 0.4) is 0 Å². The van der Waals surface area contributed by atoms with Crippen molar-refractivity contribution >= 4 is 70.5 Å². The van der Waals surface area contributed by atoms with Gasteiger partial charge in [-0.15, -0.1) is 0 Å². The molecule has 0 saturated carbocycles. The number of benzene rings is 3. The van der Waals surface area contributed by atoms with E-state index >= 15 is 4.57 Å². The van der Waals surface area contributed by atoms with E-state index in [2.05, 4.69) is 4.90 Å². The van der Waals surface area contributed by atoms with Gasteiger partial charge in [0, 0.05) is 34.3 Å². The highest BCUT2D eigenvalue weighted by atomic mass is 31.2. The van der Waals surface area contributed by atoms with Gasteiger partial charge in [0.1, 0.15) is 14.3 Å². The second kappa shape index (κ2) is 6.37. The van der Waals surface area contributed by atoms with Crippen LogP contribution in [0.5, 0.6) is 0 Å². The predicted octanol–water partition coefficient (Wildman–Crippen LogP) is 3.55. The number of hydrogen-bond acceptors (Lipinski definition) is 4. The molecule has 2 unspecified atom stereocenters. The first-order valence-electron chi connectivity index (χ1n) is 10.9. The van der Waals surface area contributed by atoms with Crippen molar-refractivity contribution in [1.29, 1.82) is 0 Å². The van der Waals surface area contributed by atoms with Crippen LogP contribution >= 0.6 is 21.6 Å². The second-order valence-corrected chi connectivity index (χ2v) is 17.1. The van der Waals surface area contributed by atoms with E-state index in [0.29, 0.717) is 13.1 Å². The maximum atomic E-state index is 15.1. The van der Waals surface area contributed by atoms with E-state index in [4.69, 9.17) is 0 Å². The largest absolute Gasteiger partial charge is 0.314 e. The van der Waals surface area contributed by atoms with E-state index in [0.717, 1.165) is 48.9 Å². The second-order valence-electron chi connectivity index (χ2n) is 8.83. The molecule has 3 aromatic rings. The Morgan fingerprint density at radius 3 is 1.28 bits per heavy atom. The molecule has 164 valence electrons. The summed E-state index contributed by atoms with van der Waals surface area (Å²) >= 11 is 0. The van der Waals surface area contributed by atoms with Crippen LogP contribution in [0.15, 0.2) is 54.6 Å². The SMILES string of the molecule is CCN(CC)P1(=O)c2cccc3c2N2c4c(cccc4P(C)(=O)c4cccc1c42)P3(C)=O. The molecule has 0 N–H and O–H groups in total. The Hall–Kier alpha value is -1.89. The molecule has 0 amide bonds. The summed E-state index contributed by atoms with van der Waals surface area (Å²) in [6.07, 6.45) is 0. The Morgan fingerprint density at radius 2 is 0.938 bits per heavy atom. The lowest BCUT2D eigenvalue weighted by Crippen LogP contribution is -2.51. The van der Waals surface area contributed by atoms with E-state index < -0.39 is 21.6 Å². The molecule has 3 aliphatic heterocycles. The van der Waals surface area contributed by atoms with E-state index in [9.17, 15) is 9.13 Å². The van der Waals surface area contributed by atoms with Crippen LogP contribution in [0.25, 0.3) is 0 Å². The molecular formula is C24H25N2O3P3. The summed E-state index contributed by atoms with van der Waals surface area (Å²) in [6.45, 7) is 8.85. The van der Waals surface area contributed by atoms with Gasteiger partial charge in [0.25, 0.3) is 0 Å². The average molecular weight is 482 g/mol. The first-order valence-corrected chi connectivity index (χ1v) is 16.9. The summed E-state index contributed by atoms with van der Waals surface area (Å²) in [7, 11) is -9.18. The number of nitrogens with zero attached hydrogens (tertiary/aromatic N) is 2. The zero-order valence-electron chi connectivity index (χ0n) is 18.6. The molecule has 0 fully saturated rings. The fourth-order valence-electron chi connectivity index (χ4n) is 5.76. The van der Waals surface area contributed by atoms with E-state index in [1.807, 2.05) is 73.1 Å². The lowest BCUT2D eigenvalue weighted by atomic mass is 10.1. The van der Waals surface area contributed by atoms with Crippen LogP contribution < -0.4 is 36.7 Å². The van der Waals surface area contributed by atoms with Crippen LogP contribution in [-0.2, 0) is 13.7 Å². The van der Waals surface area contributed by atoms with E-state index in [1.165, 1.54) is 0 Å². The van der Waals surface area contributed by atoms with Crippen molar-refractivity contribution in [2.75, 3.05) is 31.3 Å². The van der Waals surface area contributed by atoms with Gasteiger partial charge in [0.05, 0.1) is 27.7 Å². The van der Waals surface area contributed by atoms with Gasteiger partial charge in [-0.25, -0.2) is 4.67 Å². The lowest BCUT2D eigenvalue weighted by Gasteiger charge is -2.49. The van der Waals surface area contributed by atoms with Gasteiger partial charge in [-0.2, -0.15) is 0 Å². The molecule has 0 spiro atoms. The van der Waals surface area contributed by atoms with Crippen molar-refractivity contribution in [3.8, 4) is 0 Å². The van der Waals surface area contributed by atoms with Crippen LogP contribution in [-0.4, -0.2) is 31.1 Å². The monoisotopic (exact) mass is 482 g/mol. The van der Waals surface area contributed by atoms with Crippen molar-refractivity contribution < 1.29 is 13.7 Å². The molecule has 3 aliphatic rings. The Balaban J connectivity index is 1.89. The summed E-state index contributed by atoms with van der Waals surface area (Å²) in [4.78, 5) is 2.12. The average Bonchev–Trinajstić information content (AvgIpc) is 2.78. The predicted molar refractivity (Wildman–Crippen MR) is 137 cm³/mol. The van der Waals surface area contributed by atoms with Crippen LogP contribution in [0.2, 0.25) is 0 Å². The highest BCUT2D eigenvalue weighted by Crippen LogP contribution is 2.64. The van der Waals surface area contributed by atoms with Crippen LogP contribution in [0, 0.1) is 0 Å². The topological polar surface area (TPSA) is 57.7 Å². The molecule has 8 heteroatoms. The Labute approximate surface area is 188 Å². The van der Waals surface area contributed by atoms with Gasteiger partial charge in [-0.05, 0) is 49.7 Å². The van der Waals surface area contributed by atoms with Gasteiger partial charge in [0.15, 0.2) is 0 Å². The van der Waals surface area contributed by atoms with Crippen molar-refractivity contribution in [1.82, 2.24) is 4.67 Å². The summed E-state index contributed by atoms with van der Waals surface area (Å²) in [5.41, 5.74) is 2.32. The molecule has 0 saturated heterocycles. The third-order valence-electron chi connectivity index (χ3n) is 7.27. The zero-order chi connectivity index (χ0) is 22.6.